The molecule has 0 spiro atoms. The Kier molecular flexibility index (Phi) is 5.30. The Morgan fingerprint density at radius 3 is 2.77 bits per heavy atom. The van der Waals surface area contributed by atoms with Crippen molar-refractivity contribution >= 4 is 75.4 Å². The molecule has 0 fully saturated rings. The molecule has 0 aliphatic rings. The second kappa shape index (κ2) is 6.84. The quantitative estimate of drug-likeness (QED) is 0.404. The zero-order valence-corrected chi connectivity index (χ0v) is 14.7. The van der Waals surface area contributed by atoms with E-state index in [4.69, 9.17) is 34.7 Å². The lowest BCUT2D eigenvalue weighted by atomic mass is 10.2. The van der Waals surface area contributed by atoms with Crippen LogP contribution in [0.1, 0.15) is 5.69 Å². The summed E-state index contributed by atoms with van der Waals surface area (Å²) >= 11 is 15.0. The van der Waals surface area contributed by atoms with Crippen molar-refractivity contribution in [3.63, 3.8) is 0 Å². The molecule has 0 aliphatic heterocycles. The standard InChI is InChI=1S/C11H8Cl2N6S2.ClH/c12-7-3-5(9(13)21-7)8-6(4-16-18-10(14)15)19-1-2-20-11(19)17-8;/h1-4H,(H4,14,15,18);1H/b16-4+;. The second-order valence-electron chi connectivity index (χ2n) is 3.91. The van der Waals surface area contributed by atoms with Crippen molar-refractivity contribution in [1.29, 1.82) is 0 Å². The highest BCUT2D eigenvalue weighted by atomic mass is 35.5. The van der Waals surface area contributed by atoms with Crippen molar-refractivity contribution in [1.82, 2.24) is 9.38 Å². The van der Waals surface area contributed by atoms with Crippen LogP contribution in [0.15, 0.2) is 27.8 Å². The molecule has 3 rings (SSSR count). The van der Waals surface area contributed by atoms with Crippen LogP contribution < -0.4 is 11.5 Å². The summed E-state index contributed by atoms with van der Waals surface area (Å²) in [6.45, 7) is 0. The maximum atomic E-state index is 6.21. The van der Waals surface area contributed by atoms with Crippen molar-refractivity contribution in [3.8, 4) is 11.3 Å². The normalized spacial score (nSPS) is 11.0. The second-order valence-corrected chi connectivity index (χ2v) is 7.07. The van der Waals surface area contributed by atoms with Gasteiger partial charge in [0.2, 0.25) is 5.96 Å². The lowest BCUT2D eigenvalue weighted by molar-refractivity contribution is 1.18. The Morgan fingerprint density at radius 1 is 1.36 bits per heavy atom. The van der Waals surface area contributed by atoms with Crippen LogP contribution in [0.3, 0.4) is 0 Å². The molecule has 3 aromatic rings. The average Bonchev–Trinajstić information content (AvgIpc) is 3.05. The molecule has 22 heavy (non-hydrogen) atoms. The number of fused-ring (bicyclic) bond motifs is 1. The van der Waals surface area contributed by atoms with Gasteiger partial charge in [-0.1, -0.05) is 23.2 Å². The van der Waals surface area contributed by atoms with E-state index in [1.165, 1.54) is 28.9 Å². The summed E-state index contributed by atoms with van der Waals surface area (Å²) in [5.74, 6) is -0.115. The molecule has 0 saturated heterocycles. The van der Waals surface area contributed by atoms with Gasteiger partial charge >= 0.3 is 0 Å². The van der Waals surface area contributed by atoms with Crippen molar-refractivity contribution < 1.29 is 0 Å². The van der Waals surface area contributed by atoms with Crippen LogP contribution in [0, 0.1) is 0 Å². The largest absolute Gasteiger partial charge is 0.369 e. The van der Waals surface area contributed by atoms with Crippen LogP contribution in [0.4, 0.5) is 0 Å². The molecular weight excluding hydrogens is 387 g/mol. The van der Waals surface area contributed by atoms with Gasteiger partial charge < -0.3 is 11.5 Å². The van der Waals surface area contributed by atoms with Gasteiger partial charge in [-0.2, -0.15) is 5.10 Å². The molecule has 11 heteroatoms. The van der Waals surface area contributed by atoms with E-state index in [2.05, 4.69) is 15.2 Å². The lowest BCUT2D eigenvalue weighted by Gasteiger charge is -1.96. The zero-order chi connectivity index (χ0) is 15.0. The molecule has 0 radical (unpaired) electrons. The van der Waals surface area contributed by atoms with Crippen LogP contribution in [0.25, 0.3) is 16.2 Å². The van der Waals surface area contributed by atoms with E-state index in [0.29, 0.717) is 14.4 Å². The highest BCUT2D eigenvalue weighted by Gasteiger charge is 2.18. The summed E-state index contributed by atoms with van der Waals surface area (Å²) in [6.07, 6.45) is 3.42. The van der Waals surface area contributed by atoms with E-state index >= 15 is 0 Å². The van der Waals surface area contributed by atoms with Gasteiger partial charge in [-0.15, -0.1) is 40.2 Å². The third-order valence-electron chi connectivity index (χ3n) is 2.56. The van der Waals surface area contributed by atoms with Gasteiger partial charge in [0, 0.05) is 17.1 Å². The van der Waals surface area contributed by atoms with Crippen LogP contribution in [0.5, 0.6) is 0 Å². The molecule has 6 nitrogen and oxygen atoms in total. The van der Waals surface area contributed by atoms with E-state index in [9.17, 15) is 0 Å². The number of nitrogens with two attached hydrogens (primary N) is 2. The topological polar surface area (TPSA) is 94.1 Å². The van der Waals surface area contributed by atoms with Gasteiger partial charge in [-0.05, 0) is 6.07 Å². The van der Waals surface area contributed by atoms with E-state index < -0.39 is 0 Å². The first kappa shape index (κ1) is 17.0. The molecule has 0 aliphatic carbocycles. The van der Waals surface area contributed by atoms with Crippen LogP contribution in [-0.4, -0.2) is 21.6 Å². The number of nitrogens with zero attached hydrogens (tertiary/aromatic N) is 4. The minimum Gasteiger partial charge on any atom is -0.369 e. The highest BCUT2D eigenvalue weighted by molar-refractivity contribution is 7.20. The molecule has 4 N–H and O–H groups in total. The predicted octanol–water partition coefficient (Wildman–Crippen LogP) is 3.46. The third-order valence-corrected chi connectivity index (χ3v) is 4.81. The molecule has 0 amide bonds. The van der Waals surface area contributed by atoms with Crippen molar-refractivity contribution in [2.45, 2.75) is 0 Å². The molecule has 0 unspecified atom stereocenters. The number of hydrogen-bond acceptors (Lipinski definition) is 5. The monoisotopic (exact) mass is 394 g/mol. The number of thiophene rings is 1. The Hall–Kier alpha value is -1.32. The smallest absolute Gasteiger partial charge is 0.211 e. The van der Waals surface area contributed by atoms with Gasteiger partial charge in [0.05, 0.1) is 16.2 Å². The van der Waals surface area contributed by atoms with Crippen LogP contribution in [0.2, 0.25) is 8.67 Å². The van der Waals surface area contributed by atoms with Crippen molar-refractivity contribution in [2.24, 2.45) is 21.7 Å². The summed E-state index contributed by atoms with van der Waals surface area (Å²) < 4.78 is 3.05. The van der Waals surface area contributed by atoms with Crippen molar-refractivity contribution in [2.75, 3.05) is 0 Å². The SMILES string of the molecule is Cl.NC(N)=N/N=C/c1c(-c2cc(Cl)sc2Cl)nc2sccn12. The molecule has 3 heterocycles. The van der Waals surface area contributed by atoms with Gasteiger partial charge in [0.25, 0.3) is 0 Å². The van der Waals surface area contributed by atoms with Gasteiger partial charge in [0.1, 0.15) is 10.0 Å². The average molecular weight is 396 g/mol. The first-order chi connectivity index (χ1) is 10.1. The number of hydrogen-bond donors (Lipinski definition) is 2. The van der Waals surface area contributed by atoms with Gasteiger partial charge in [-0.3, -0.25) is 4.40 Å². The van der Waals surface area contributed by atoms with Crippen molar-refractivity contribution in [3.05, 3.63) is 32.0 Å². The molecule has 116 valence electrons. The van der Waals surface area contributed by atoms with E-state index in [-0.39, 0.29) is 18.4 Å². The predicted molar refractivity (Wildman–Crippen MR) is 97.1 cm³/mol. The highest BCUT2D eigenvalue weighted by Crippen LogP contribution is 2.39. The number of halogens is 3. The first-order valence-corrected chi connectivity index (χ1v) is 8.04. The number of rotatable bonds is 3. The summed E-state index contributed by atoms with van der Waals surface area (Å²) in [4.78, 5) is 5.37. The molecule has 0 bridgehead atoms. The molecule has 3 aromatic heterocycles. The van der Waals surface area contributed by atoms with E-state index in [0.717, 1.165) is 16.2 Å². The van der Waals surface area contributed by atoms with Crippen LogP contribution in [-0.2, 0) is 0 Å². The minimum absolute atomic E-state index is 0. The fourth-order valence-corrected chi connectivity index (χ4v) is 3.96. The lowest BCUT2D eigenvalue weighted by Crippen LogP contribution is -2.21. The minimum atomic E-state index is -0.115. The molecule has 0 atom stereocenters. The van der Waals surface area contributed by atoms with Crippen LogP contribution >= 0.6 is 58.3 Å². The maximum Gasteiger partial charge on any atom is 0.211 e. The fraction of sp³-hybridized carbons (Fsp3) is 0. The summed E-state index contributed by atoms with van der Waals surface area (Å²) in [6, 6.07) is 1.78. The number of imidazole rings is 1. The summed E-state index contributed by atoms with van der Waals surface area (Å²) in [5, 5.41) is 9.37. The third kappa shape index (κ3) is 3.21. The van der Waals surface area contributed by atoms with Gasteiger partial charge in [-0.25, -0.2) is 4.98 Å². The Balaban J connectivity index is 0.00000176. The number of aromatic nitrogens is 2. The zero-order valence-electron chi connectivity index (χ0n) is 10.7. The number of thiazole rings is 1. The Bertz CT molecular complexity index is 859. The first-order valence-electron chi connectivity index (χ1n) is 5.59. The Morgan fingerprint density at radius 2 is 2.14 bits per heavy atom. The summed E-state index contributed by atoms with van der Waals surface area (Å²) in [7, 11) is 0. The maximum absolute atomic E-state index is 6.21. The molecule has 0 aromatic carbocycles. The summed E-state index contributed by atoms with van der Waals surface area (Å²) in [5.41, 5.74) is 12.7. The fourth-order valence-electron chi connectivity index (χ4n) is 1.78. The molecule has 0 saturated carbocycles. The van der Waals surface area contributed by atoms with E-state index in [1.807, 2.05) is 16.0 Å². The van der Waals surface area contributed by atoms with E-state index in [1.54, 1.807) is 6.07 Å². The van der Waals surface area contributed by atoms with Gasteiger partial charge in [0.15, 0.2) is 4.96 Å². The Labute approximate surface area is 149 Å². The molecular formula is C11H9Cl3N6S2. The number of guanidine groups is 1.